The molecule has 0 aliphatic carbocycles. The lowest BCUT2D eigenvalue weighted by molar-refractivity contribution is 0.687. The number of nitrogens with zero attached hydrogens (tertiary/aromatic N) is 2. The Bertz CT molecular complexity index is 776. The average Bonchev–Trinajstić information content (AvgIpc) is 3.03. The quantitative estimate of drug-likeness (QED) is 0.733. The number of hydrogen-bond acceptors (Lipinski definition) is 3. The first-order chi connectivity index (χ1) is 11.7. The fraction of sp³-hybridized carbons (Fsp3) is 0.222. The Morgan fingerprint density at radius 1 is 1.29 bits per heavy atom. The number of thioether (sulfide) groups is 1. The first-order valence-electron chi connectivity index (χ1n) is 7.80. The Labute approximate surface area is 157 Å². The van der Waals surface area contributed by atoms with Crippen LogP contribution < -0.4 is 5.32 Å². The normalized spacial score (nSPS) is 15.8. The molecule has 24 heavy (non-hydrogen) atoms. The van der Waals surface area contributed by atoms with Gasteiger partial charge >= 0.3 is 0 Å². The van der Waals surface area contributed by atoms with Crippen LogP contribution in [0.25, 0.3) is 0 Å². The Morgan fingerprint density at radius 2 is 2.12 bits per heavy atom. The zero-order valence-corrected chi connectivity index (χ0v) is 15.7. The second kappa shape index (κ2) is 8.01. The van der Waals surface area contributed by atoms with E-state index in [-0.39, 0.29) is 0 Å². The van der Waals surface area contributed by atoms with E-state index in [1.54, 1.807) is 11.8 Å². The molecule has 0 radical (unpaired) electrons. The van der Waals surface area contributed by atoms with Gasteiger partial charge in [0, 0.05) is 23.0 Å². The summed E-state index contributed by atoms with van der Waals surface area (Å²) in [6.07, 6.45) is 1.00. The Kier molecular flexibility index (Phi) is 5.76. The first-order valence-corrected chi connectivity index (χ1v) is 9.57. The number of anilines is 1. The Balaban J connectivity index is 1.77. The minimum atomic E-state index is 0.646. The highest BCUT2D eigenvalue weighted by Gasteiger charge is 2.23. The van der Waals surface area contributed by atoms with E-state index in [1.807, 2.05) is 41.3 Å². The summed E-state index contributed by atoms with van der Waals surface area (Å²) in [6, 6.07) is 15.9. The van der Waals surface area contributed by atoms with Crippen molar-refractivity contribution >= 4 is 57.2 Å². The SMILES string of the molecule is CCc1cccc(N=C2SCCN2C(=S)Nc2cccc(Cl)c2)c1. The van der Waals surface area contributed by atoms with E-state index in [1.165, 1.54) is 5.56 Å². The maximum atomic E-state index is 6.03. The molecule has 0 atom stereocenters. The molecule has 1 N–H and O–H groups in total. The van der Waals surface area contributed by atoms with Crippen LogP contribution in [0, 0.1) is 0 Å². The third-order valence-corrected chi connectivity index (χ3v) is 5.16. The Morgan fingerprint density at radius 3 is 2.92 bits per heavy atom. The summed E-state index contributed by atoms with van der Waals surface area (Å²) in [5.41, 5.74) is 3.14. The van der Waals surface area contributed by atoms with Crippen LogP contribution >= 0.6 is 35.6 Å². The molecule has 0 saturated carbocycles. The van der Waals surface area contributed by atoms with E-state index in [0.29, 0.717) is 10.1 Å². The summed E-state index contributed by atoms with van der Waals surface area (Å²) in [7, 11) is 0. The standard InChI is InChI=1S/C18H18ClN3S2/c1-2-13-5-3-7-15(11-13)21-18-22(9-10-24-18)17(23)20-16-8-4-6-14(19)12-16/h3-8,11-12H,2,9-10H2,1H3,(H,20,23). The fourth-order valence-corrected chi connectivity index (χ4v) is 3.90. The maximum Gasteiger partial charge on any atom is 0.179 e. The molecule has 1 heterocycles. The van der Waals surface area contributed by atoms with Gasteiger partial charge in [-0.2, -0.15) is 0 Å². The second-order valence-electron chi connectivity index (χ2n) is 5.36. The smallest absolute Gasteiger partial charge is 0.179 e. The number of nitrogens with one attached hydrogen (secondary N) is 1. The van der Waals surface area contributed by atoms with Crippen molar-refractivity contribution in [3.63, 3.8) is 0 Å². The van der Waals surface area contributed by atoms with Crippen LogP contribution in [0.15, 0.2) is 53.5 Å². The molecule has 0 amide bonds. The molecule has 1 fully saturated rings. The summed E-state index contributed by atoms with van der Waals surface area (Å²) >= 11 is 13.3. The lowest BCUT2D eigenvalue weighted by atomic mass is 10.1. The van der Waals surface area contributed by atoms with Gasteiger partial charge in [0.1, 0.15) is 0 Å². The number of benzene rings is 2. The van der Waals surface area contributed by atoms with E-state index in [2.05, 4.69) is 24.4 Å². The molecule has 0 spiro atoms. The highest BCUT2D eigenvalue weighted by molar-refractivity contribution is 8.14. The van der Waals surface area contributed by atoms with Gasteiger partial charge in [0.15, 0.2) is 10.3 Å². The monoisotopic (exact) mass is 375 g/mol. The summed E-state index contributed by atoms with van der Waals surface area (Å²) < 4.78 is 0. The van der Waals surface area contributed by atoms with Crippen molar-refractivity contribution in [2.45, 2.75) is 13.3 Å². The lowest BCUT2D eigenvalue weighted by Gasteiger charge is -2.20. The minimum Gasteiger partial charge on any atom is -0.332 e. The molecule has 0 unspecified atom stereocenters. The van der Waals surface area contributed by atoms with Gasteiger partial charge in [-0.3, -0.25) is 4.90 Å². The van der Waals surface area contributed by atoms with Crippen molar-refractivity contribution < 1.29 is 0 Å². The lowest BCUT2D eigenvalue weighted by Crippen LogP contribution is -2.35. The molecule has 1 aliphatic heterocycles. The average molecular weight is 376 g/mol. The van der Waals surface area contributed by atoms with Gasteiger partial charge in [-0.05, 0) is 54.5 Å². The first kappa shape index (κ1) is 17.3. The van der Waals surface area contributed by atoms with Gasteiger partial charge in [-0.15, -0.1) is 0 Å². The zero-order chi connectivity index (χ0) is 16.9. The number of thiocarbonyl (C=S) groups is 1. The molecule has 0 bridgehead atoms. The topological polar surface area (TPSA) is 27.6 Å². The highest BCUT2D eigenvalue weighted by Crippen LogP contribution is 2.25. The summed E-state index contributed by atoms with van der Waals surface area (Å²) in [5, 5.41) is 5.51. The largest absolute Gasteiger partial charge is 0.332 e. The number of amidine groups is 1. The van der Waals surface area contributed by atoms with Crippen LogP contribution in [0.2, 0.25) is 5.02 Å². The van der Waals surface area contributed by atoms with Crippen molar-refractivity contribution in [1.29, 1.82) is 0 Å². The van der Waals surface area contributed by atoms with Gasteiger partial charge in [-0.25, -0.2) is 4.99 Å². The third kappa shape index (κ3) is 4.29. The van der Waals surface area contributed by atoms with Crippen molar-refractivity contribution in [2.75, 3.05) is 17.6 Å². The zero-order valence-electron chi connectivity index (χ0n) is 13.3. The van der Waals surface area contributed by atoms with Crippen molar-refractivity contribution in [3.8, 4) is 0 Å². The number of rotatable bonds is 3. The predicted octanol–water partition coefficient (Wildman–Crippen LogP) is 5.34. The van der Waals surface area contributed by atoms with Crippen LogP contribution in [0.4, 0.5) is 11.4 Å². The van der Waals surface area contributed by atoms with Crippen LogP contribution in [0.5, 0.6) is 0 Å². The van der Waals surface area contributed by atoms with Gasteiger partial charge in [0.2, 0.25) is 0 Å². The molecule has 3 nitrogen and oxygen atoms in total. The van der Waals surface area contributed by atoms with Gasteiger partial charge < -0.3 is 5.32 Å². The van der Waals surface area contributed by atoms with Crippen LogP contribution in [-0.4, -0.2) is 27.5 Å². The van der Waals surface area contributed by atoms with Crippen molar-refractivity contribution in [2.24, 2.45) is 4.99 Å². The molecule has 124 valence electrons. The van der Waals surface area contributed by atoms with Crippen molar-refractivity contribution in [3.05, 3.63) is 59.1 Å². The number of halogens is 1. The van der Waals surface area contributed by atoms with Gasteiger partial charge in [0.05, 0.1) is 5.69 Å². The number of aliphatic imine (C=N–C) groups is 1. The summed E-state index contributed by atoms with van der Waals surface area (Å²) in [5.74, 6) is 0.976. The van der Waals surface area contributed by atoms with E-state index >= 15 is 0 Å². The van der Waals surface area contributed by atoms with E-state index in [0.717, 1.165) is 35.3 Å². The van der Waals surface area contributed by atoms with E-state index in [4.69, 9.17) is 28.8 Å². The highest BCUT2D eigenvalue weighted by atomic mass is 35.5. The molecular weight excluding hydrogens is 358 g/mol. The predicted molar refractivity (Wildman–Crippen MR) is 110 cm³/mol. The van der Waals surface area contributed by atoms with Crippen LogP contribution in [0.3, 0.4) is 0 Å². The molecule has 3 rings (SSSR count). The molecular formula is C18H18ClN3S2. The summed E-state index contributed by atoms with van der Waals surface area (Å²) in [4.78, 5) is 6.82. The fourth-order valence-electron chi connectivity index (χ4n) is 2.40. The van der Waals surface area contributed by atoms with Crippen molar-refractivity contribution in [1.82, 2.24) is 4.90 Å². The number of hydrogen-bond donors (Lipinski definition) is 1. The molecule has 1 saturated heterocycles. The molecule has 6 heteroatoms. The van der Waals surface area contributed by atoms with Crippen LogP contribution in [-0.2, 0) is 6.42 Å². The molecule has 0 aromatic heterocycles. The number of aryl methyl sites for hydroxylation is 1. The molecule has 2 aromatic rings. The Hall–Kier alpha value is -1.56. The molecule has 1 aliphatic rings. The van der Waals surface area contributed by atoms with Gasteiger partial charge in [-0.1, -0.05) is 48.5 Å². The minimum absolute atomic E-state index is 0.646. The second-order valence-corrected chi connectivity index (χ2v) is 7.24. The molecule has 2 aromatic carbocycles. The maximum absolute atomic E-state index is 6.03. The third-order valence-electron chi connectivity index (χ3n) is 3.64. The van der Waals surface area contributed by atoms with E-state index < -0.39 is 0 Å². The van der Waals surface area contributed by atoms with Gasteiger partial charge in [0.25, 0.3) is 0 Å². The van der Waals surface area contributed by atoms with E-state index in [9.17, 15) is 0 Å². The summed E-state index contributed by atoms with van der Waals surface area (Å²) in [6.45, 7) is 3.00. The van der Waals surface area contributed by atoms with Crippen LogP contribution in [0.1, 0.15) is 12.5 Å².